The van der Waals surface area contributed by atoms with Gasteiger partial charge in [-0.1, -0.05) is 12.1 Å². The summed E-state index contributed by atoms with van der Waals surface area (Å²) in [6.07, 6.45) is 2.12. The zero-order valence-corrected chi connectivity index (χ0v) is 10.6. The third-order valence-corrected chi connectivity index (χ3v) is 3.39. The molecule has 1 unspecified atom stereocenters. The van der Waals surface area contributed by atoms with Crippen LogP contribution in [0.5, 0.6) is 0 Å². The minimum Gasteiger partial charge on any atom is -0.312 e. The maximum Gasteiger partial charge on any atom is 0.269 e. The normalized spacial score (nSPS) is 20.2. The molecule has 18 heavy (non-hydrogen) atoms. The quantitative estimate of drug-likeness (QED) is 0.633. The fourth-order valence-corrected chi connectivity index (χ4v) is 2.31. The minimum atomic E-state index is -0.365. The number of non-ortho nitro benzene ring substituents is 1. The van der Waals surface area contributed by atoms with Crippen molar-refractivity contribution in [2.75, 3.05) is 26.7 Å². The van der Waals surface area contributed by atoms with Crippen molar-refractivity contribution in [2.24, 2.45) is 0 Å². The molecule has 1 aromatic rings. The summed E-state index contributed by atoms with van der Waals surface area (Å²) in [7, 11) is 2.14. The Balaban J connectivity index is 1.75. The highest BCUT2D eigenvalue weighted by Crippen LogP contribution is 2.12. The van der Waals surface area contributed by atoms with Crippen LogP contribution in [0.25, 0.3) is 0 Å². The number of nitrogens with zero attached hydrogens (tertiary/aromatic N) is 2. The van der Waals surface area contributed by atoms with Crippen molar-refractivity contribution in [3.8, 4) is 0 Å². The second-order valence-corrected chi connectivity index (χ2v) is 4.88. The summed E-state index contributed by atoms with van der Waals surface area (Å²) in [5, 5.41) is 14.0. The number of rotatable bonds is 5. The molecular formula is C13H19N3O2. The van der Waals surface area contributed by atoms with E-state index in [-0.39, 0.29) is 10.6 Å². The number of nitro benzene ring substituents is 1. The largest absolute Gasteiger partial charge is 0.312 e. The van der Waals surface area contributed by atoms with E-state index in [0.717, 1.165) is 31.6 Å². The Morgan fingerprint density at radius 3 is 2.72 bits per heavy atom. The molecule has 0 aromatic heterocycles. The highest BCUT2D eigenvalue weighted by Gasteiger charge is 2.18. The number of likely N-dealkylation sites (N-methyl/N-ethyl adjacent to an activating group) is 1. The van der Waals surface area contributed by atoms with Gasteiger partial charge < -0.3 is 10.2 Å². The summed E-state index contributed by atoms with van der Waals surface area (Å²) in [5.41, 5.74) is 1.29. The molecule has 0 spiro atoms. The predicted octanol–water partition coefficient (Wildman–Crippen LogP) is 1.43. The molecule has 2 rings (SSSR count). The van der Waals surface area contributed by atoms with Crippen LogP contribution in [0.4, 0.5) is 5.69 Å². The van der Waals surface area contributed by atoms with Crippen LogP contribution in [0.15, 0.2) is 24.3 Å². The monoisotopic (exact) mass is 249 g/mol. The first-order valence-corrected chi connectivity index (χ1v) is 6.30. The summed E-state index contributed by atoms with van der Waals surface area (Å²) in [6, 6.07) is 7.39. The van der Waals surface area contributed by atoms with Gasteiger partial charge in [0.1, 0.15) is 0 Å². The summed E-state index contributed by atoms with van der Waals surface area (Å²) < 4.78 is 0. The number of benzene rings is 1. The van der Waals surface area contributed by atoms with Crippen molar-refractivity contribution in [1.82, 2.24) is 10.2 Å². The SMILES string of the molecule is CN1CCC(NCCc2ccc([N+](=O)[O-])cc2)C1. The van der Waals surface area contributed by atoms with Gasteiger partial charge >= 0.3 is 0 Å². The average molecular weight is 249 g/mol. The first kappa shape index (κ1) is 13.0. The number of nitro groups is 1. The van der Waals surface area contributed by atoms with E-state index in [2.05, 4.69) is 17.3 Å². The number of likely N-dealkylation sites (tertiary alicyclic amines) is 1. The average Bonchev–Trinajstić information content (AvgIpc) is 2.76. The van der Waals surface area contributed by atoms with Gasteiger partial charge in [-0.05, 0) is 38.5 Å². The molecule has 1 saturated heterocycles. The number of nitrogens with one attached hydrogen (secondary N) is 1. The Kier molecular flexibility index (Phi) is 4.28. The molecular weight excluding hydrogens is 230 g/mol. The van der Waals surface area contributed by atoms with Crippen LogP contribution in [0.2, 0.25) is 0 Å². The van der Waals surface area contributed by atoms with E-state index in [1.165, 1.54) is 6.42 Å². The predicted molar refractivity (Wildman–Crippen MR) is 70.7 cm³/mol. The molecule has 1 fully saturated rings. The molecule has 0 amide bonds. The van der Waals surface area contributed by atoms with Gasteiger partial charge in [0.25, 0.3) is 5.69 Å². The molecule has 1 N–H and O–H groups in total. The van der Waals surface area contributed by atoms with E-state index in [4.69, 9.17) is 0 Å². The highest BCUT2D eigenvalue weighted by molar-refractivity contribution is 5.32. The lowest BCUT2D eigenvalue weighted by molar-refractivity contribution is -0.384. The second kappa shape index (κ2) is 5.93. The first-order valence-electron chi connectivity index (χ1n) is 6.30. The van der Waals surface area contributed by atoms with Crippen LogP contribution in [-0.2, 0) is 6.42 Å². The van der Waals surface area contributed by atoms with Crippen LogP contribution < -0.4 is 5.32 Å². The fourth-order valence-electron chi connectivity index (χ4n) is 2.31. The Morgan fingerprint density at radius 1 is 1.44 bits per heavy atom. The minimum absolute atomic E-state index is 0.157. The molecule has 0 bridgehead atoms. The summed E-state index contributed by atoms with van der Waals surface area (Å²) in [4.78, 5) is 12.5. The second-order valence-electron chi connectivity index (χ2n) is 4.88. The van der Waals surface area contributed by atoms with E-state index in [1.807, 2.05) is 12.1 Å². The van der Waals surface area contributed by atoms with Crippen molar-refractivity contribution in [3.05, 3.63) is 39.9 Å². The molecule has 98 valence electrons. The summed E-state index contributed by atoms with van der Waals surface area (Å²) in [5.74, 6) is 0. The topological polar surface area (TPSA) is 58.4 Å². The lowest BCUT2D eigenvalue weighted by Crippen LogP contribution is -2.32. The van der Waals surface area contributed by atoms with Crippen LogP contribution in [0.1, 0.15) is 12.0 Å². The van der Waals surface area contributed by atoms with Gasteiger partial charge in [-0.25, -0.2) is 0 Å². The Morgan fingerprint density at radius 2 is 2.17 bits per heavy atom. The molecule has 1 aromatic carbocycles. The Hall–Kier alpha value is -1.46. The van der Waals surface area contributed by atoms with E-state index in [1.54, 1.807) is 12.1 Å². The van der Waals surface area contributed by atoms with Crippen LogP contribution in [-0.4, -0.2) is 42.5 Å². The van der Waals surface area contributed by atoms with Crippen LogP contribution in [0, 0.1) is 10.1 Å². The van der Waals surface area contributed by atoms with Gasteiger partial charge in [0, 0.05) is 24.7 Å². The van der Waals surface area contributed by atoms with Gasteiger partial charge in [-0.2, -0.15) is 0 Å². The van der Waals surface area contributed by atoms with E-state index in [0.29, 0.717) is 6.04 Å². The molecule has 1 heterocycles. The molecule has 0 saturated carbocycles. The van der Waals surface area contributed by atoms with Crippen LogP contribution >= 0.6 is 0 Å². The molecule has 0 radical (unpaired) electrons. The van der Waals surface area contributed by atoms with Crippen molar-refractivity contribution in [3.63, 3.8) is 0 Å². The highest BCUT2D eigenvalue weighted by atomic mass is 16.6. The smallest absolute Gasteiger partial charge is 0.269 e. The Labute approximate surface area is 107 Å². The van der Waals surface area contributed by atoms with E-state index < -0.39 is 0 Å². The lowest BCUT2D eigenvalue weighted by Gasteiger charge is -2.12. The molecule has 1 atom stereocenters. The van der Waals surface area contributed by atoms with Crippen molar-refractivity contribution < 1.29 is 4.92 Å². The standard InChI is InChI=1S/C13H19N3O2/c1-15-9-7-12(10-15)14-8-6-11-2-4-13(5-3-11)16(17)18/h2-5,12,14H,6-10H2,1H3. The molecule has 5 nitrogen and oxygen atoms in total. The molecule has 5 heteroatoms. The summed E-state index contributed by atoms with van der Waals surface area (Å²) in [6.45, 7) is 3.20. The number of hydrogen-bond acceptors (Lipinski definition) is 4. The van der Waals surface area contributed by atoms with Crippen molar-refractivity contribution >= 4 is 5.69 Å². The molecule has 1 aliphatic rings. The Bertz CT molecular complexity index is 405. The summed E-state index contributed by atoms with van der Waals surface area (Å²) >= 11 is 0. The van der Waals surface area contributed by atoms with Crippen molar-refractivity contribution in [1.29, 1.82) is 0 Å². The fraction of sp³-hybridized carbons (Fsp3) is 0.538. The third kappa shape index (κ3) is 3.51. The molecule has 1 aliphatic heterocycles. The van der Waals surface area contributed by atoms with Crippen molar-refractivity contribution in [2.45, 2.75) is 18.9 Å². The maximum atomic E-state index is 10.5. The van der Waals surface area contributed by atoms with Gasteiger partial charge in [-0.15, -0.1) is 0 Å². The zero-order chi connectivity index (χ0) is 13.0. The number of hydrogen-bond donors (Lipinski definition) is 1. The van der Waals surface area contributed by atoms with Gasteiger partial charge in [0.15, 0.2) is 0 Å². The van der Waals surface area contributed by atoms with Gasteiger partial charge in [-0.3, -0.25) is 10.1 Å². The van der Waals surface area contributed by atoms with Gasteiger partial charge in [0.05, 0.1) is 4.92 Å². The lowest BCUT2D eigenvalue weighted by atomic mass is 10.1. The van der Waals surface area contributed by atoms with E-state index >= 15 is 0 Å². The van der Waals surface area contributed by atoms with Crippen LogP contribution in [0.3, 0.4) is 0 Å². The zero-order valence-electron chi connectivity index (χ0n) is 10.6. The van der Waals surface area contributed by atoms with E-state index in [9.17, 15) is 10.1 Å². The molecule has 0 aliphatic carbocycles. The van der Waals surface area contributed by atoms with Gasteiger partial charge in [0.2, 0.25) is 0 Å². The first-order chi connectivity index (χ1) is 8.65. The third-order valence-electron chi connectivity index (χ3n) is 3.39. The maximum absolute atomic E-state index is 10.5.